The monoisotopic (exact) mass is 500 g/mol. The molecule has 4 aromatic rings. The maximum atomic E-state index is 12.2. The normalized spacial score (nSPS) is 13.6. The SMILES string of the molecule is COCCN(C)C(=O)COc1ccc(-c2nc3cnccn3c2Nc2ccc3c(c2)CCC3=NO)cc1. The van der Waals surface area contributed by atoms with Crippen LogP contribution in [0.2, 0.25) is 0 Å². The lowest BCUT2D eigenvalue weighted by molar-refractivity contribution is -0.132. The number of amides is 1. The van der Waals surface area contributed by atoms with Crippen LogP contribution in [0.1, 0.15) is 17.5 Å². The molecule has 0 aliphatic heterocycles. The van der Waals surface area contributed by atoms with Gasteiger partial charge in [-0.2, -0.15) is 0 Å². The molecule has 10 nitrogen and oxygen atoms in total. The van der Waals surface area contributed by atoms with Gasteiger partial charge in [-0.25, -0.2) is 4.98 Å². The number of fused-ring (bicyclic) bond motifs is 2. The summed E-state index contributed by atoms with van der Waals surface area (Å²) in [7, 11) is 3.33. The number of imidazole rings is 1. The molecule has 2 N–H and O–H groups in total. The first-order chi connectivity index (χ1) is 18.1. The molecule has 0 saturated heterocycles. The molecule has 190 valence electrons. The second kappa shape index (κ2) is 10.7. The minimum atomic E-state index is -0.118. The second-order valence-corrected chi connectivity index (χ2v) is 8.78. The summed E-state index contributed by atoms with van der Waals surface area (Å²) in [5.74, 6) is 1.28. The van der Waals surface area contributed by atoms with Crippen LogP contribution in [0.4, 0.5) is 11.5 Å². The maximum Gasteiger partial charge on any atom is 0.260 e. The standard InChI is InChI=1S/C27H28N6O4/c1-32(13-14-36-2)25(34)17-37-21-7-3-18(4-8-21)26-27(33-12-11-28-16-24(33)30-26)29-20-6-9-22-19(15-20)5-10-23(22)31-35/h3-4,6-9,11-12,15-16,29,35H,5,10,13-14,17H2,1-2H3. The first-order valence-corrected chi connectivity index (χ1v) is 12.0. The van der Waals surface area contributed by atoms with E-state index in [4.69, 9.17) is 14.5 Å². The number of carbonyl (C=O) groups is 1. The molecule has 1 amide bonds. The summed E-state index contributed by atoms with van der Waals surface area (Å²) in [5, 5.41) is 16.2. The van der Waals surface area contributed by atoms with E-state index >= 15 is 0 Å². The fraction of sp³-hybridized carbons (Fsp3) is 0.259. The number of oxime groups is 1. The molecule has 10 heteroatoms. The van der Waals surface area contributed by atoms with E-state index in [-0.39, 0.29) is 12.5 Å². The van der Waals surface area contributed by atoms with Crippen LogP contribution in [-0.2, 0) is 16.0 Å². The summed E-state index contributed by atoms with van der Waals surface area (Å²) < 4.78 is 12.7. The Bertz CT molecular complexity index is 1450. The lowest BCUT2D eigenvalue weighted by Crippen LogP contribution is -2.33. The number of carbonyl (C=O) groups excluding carboxylic acids is 1. The van der Waals surface area contributed by atoms with Gasteiger partial charge in [0, 0.05) is 49.9 Å². The fourth-order valence-corrected chi connectivity index (χ4v) is 4.33. The van der Waals surface area contributed by atoms with Gasteiger partial charge >= 0.3 is 0 Å². The lowest BCUT2D eigenvalue weighted by Gasteiger charge is -2.16. The number of methoxy groups -OCH3 is 1. The Morgan fingerprint density at radius 3 is 2.84 bits per heavy atom. The number of likely N-dealkylation sites (N-methyl/N-ethyl adjacent to an activating group) is 1. The summed E-state index contributed by atoms with van der Waals surface area (Å²) in [6.45, 7) is 0.940. The van der Waals surface area contributed by atoms with E-state index in [1.807, 2.05) is 47.0 Å². The van der Waals surface area contributed by atoms with Crippen molar-refractivity contribution < 1.29 is 19.5 Å². The van der Waals surface area contributed by atoms with E-state index in [1.165, 1.54) is 0 Å². The van der Waals surface area contributed by atoms with Gasteiger partial charge in [0.25, 0.3) is 5.91 Å². The van der Waals surface area contributed by atoms with Gasteiger partial charge in [0.1, 0.15) is 17.3 Å². The molecule has 2 heterocycles. The molecule has 0 unspecified atom stereocenters. The molecule has 0 saturated carbocycles. The fourth-order valence-electron chi connectivity index (χ4n) is 4.33. The van der Waals surface area contributed by atoms with Crippen molar-refractivity contribution in [3.63, 3.8) is 0 Å². The van der Waals surface area contributed by atoms with Gasteiger partial charge in [0.05, 0.1) is 18.5 Å². The topological polar surface area (TPSA) is 114 Å². The highest BCUT2D eigenvalue weighted by molar-refractivity contribution is 6.04. The number of aromatic nitrogens is 3. The molecule has 0 atom stereocenters. The Hall–Kier alpha value is -4.44. The van der Waals surface area contributed by atoms with Crippen molar-refractivity contribution in [2.24, 2.45) is 5.16 Å². The third-order valence-electron chi connectivity index (χ3n) is 6.41. The average molecular weight is 501 g/mol. The van der Waals surface area contributed by atoms with Gasteiger partial charge in [-0.1, -0.05) is 11.2 Å². The van der Waals surface area contributed by atoms with E-state index in [9.17, 15) is 10.0 Å². The molecule has 1 aliphatic carbocycles. The summed E-state index contributed by atoms with van der Waals surface area (Å²) in [6.07, 6.45) is 6.85. The van der Waals surface area contributed by atoms with Gasteiger partial charge in [-0.3, -0.25) is 14.2 Å². The smallest absolute Gasteiger partial charge is 0.260 e. The van der Waals surface area contributed by atoms with Crippen molar-refractivity contribution in [2.45, 2.75) is 12.8 Å². The van der Waals surface area contributed by atoms with E-state index in [0.717, 1.165) is 46.7 Å². The average Bonchev–Trinajstić information content (AvgIpc) is 3.51. The molecule has 0 radical (unpaired) electrons. The number of nitrogens with zero attached hydrogens (tertiary/aromatic N) is 5. The Morgan fingerprint density at radius 2 is 2.05 bits per heavy atom. The van der Waals surface area contributed by atoms with Gasteiger partial charge in [-0.15, -0.1) is 0 Å². The van der Waals surface area contributed by atoms with E-state index in [0.29, 0.717) is 30.3 Å². The molecular weight excluding hydrogens is 472 g/mol. The van der Waals surface area contributed by atoms with Gasteiger partial charge in [0.2, 0.25) is 0 Å². The largest absolute Gasteiger partial charge is 0.484 e. The predicted molar refractivity (Wildman–Crippen MR) is 140 cm³/mol. The summed E-state index contributed by atoms with van der Waals surface area (Å²) in [4.78, 5) is 22.8. The second-order valence-electron chi connectivity index (χ2n) is 8.78. The van der Waals surface area contributed by atoms with Crippen molar-refractivity contribution in [3.8, 4) is 17.0 Å². The molecule has 2 aromatic carbocycles. The van der Waals surface area contributed by atoms with Gasteiger partial charge < -0.3 is 24.9 Å². The zero-order valence-electron chi connectivity index (χ0n) is 20.7. The number of hydrogen-bond acceptors (Lipinski definition) is 8. The highest BCUT2D eigenvalue weighted by atomic mass is 16.5. The maximum absolute atomic E-state index is 12.2. The Kier molecular flexibility index (Phi) is 7.00. The molecule has 0 bridgehead atoms. The molecule has 2 aromatic heterocycles. The molecule has 0 spiro atoms. The molecule has 5 rings (SSSR count). The summed E-state index contributed by atoms with van der Waals surface area (Å²) in [6, 6.07) is 13.5. The Morgan fingerprint density at radius 1 is 1.22 bits per heavy atom. The van der Waals surface area contributed by atoms with Gasteiger partial charge in [0.15, 0.2) is 12.3 Å². The van der Waals surface area contributed by atoms with Crippen LogP contribution in [0.15, 0.2) is 66.2 Å². The number of anilines is 2. The number of ether oxygens (including phenoxy) is 2. The summed E-state index contributed by atoms with van der Waals surface area (Å²) >= 11 is 0. The van der Waals surface area contributed by atoms with Crippen LogP contribution in [0.25, 0.3) is 16.9 Å². The molecule has 37 heavy (non-hydrogen) atoms. The Balaban J connectivity index is 1.37. The first-order valence-electron chi connectivity index (χ1n) is 12.0. The zero-order chi connectivity index (χ0) is 25.8. The van der Waals surface area contributed by atoms with E-state index < -0.39 is 0 Å². The van der Waals surface area contributed by atoms with Crippen LogP contribution in [0.5, 0.6) is 5.75 Å². The zero-order valence-corrected chi connectivity index (χ0v) is 20.7. The van der Waals surface area contributed by atoms with Crippen molar-refractivity contribution in [1.82, 2.24) is 19.3 Å². The third kappa shape index (κ3) is 5.10. The minimum absolute atomic E-state index is 0.0482. The van der Waals surface area contributed by atoms with Crippen molar-refractivity contribution in [2.75, 3.05) is 39.2 Å². The number of rotatable bonds is 9. The highest BCUT2D eigenvalue weighted by Gasteiger charge is 2.20. The highest BCUT2D eigenvalue weighted by Crippen LogP contribution is 2.33. The van der Waals surface area contributed by atoms with Crippen LogP contribution >= 0.6 is 0 Å². The van der Waals surface area contributed by atoms with E-state index in [1.54, 1.807) is 31.5 Å². The van der Waals surface area contributed by atoms with Crippen LogP contribution < -0.4 is 10.1 Å². The number of aryl methyl sites for hydroxylation is 1. The summed E-state index contributed by atoms with van der Waals surface area (Å²) in [5.41, 5.74) is 6.10. The molecule has 0 fully saturated rings. The molecular formula is C27H28N6O4. The number of benzene rings is 2. The third-order valence-corrected chi connectivity index (χ3v) is 6.41. The van der Waals surface area contributed by atoms with Crippen LogP contribution in [0.3, 0.4) is 0 Å². The number of nitrogens with one attached hydrogen (secondary N) is 1. The quantitative estimate of drug-likeness (QED) is 0.266. The van der Waals surface area contributed by atoms with Crippen LogP contribution in [0, 0.1) is 0 Å². The number of hydrogen-bond donors (Lipinski definition) is 2. The minimum Gasteiger partial charge on any atom is -0.484 e. The van der Waals surface area contributed by atoms with E-state index in [2.05, 4.69) is 21.5 Å². The van der Waals surface area contributed by atoms with Crippen LogP contribution in [-0.4, -0.2) is 70.0 Å². The predicted octanol–water partition coefficient (Wildman–Crippen LogP) is 3.75. The van der Waals surface area contributed by atoms with Crippen molar-refractivity contribution in [3.05, 3.63) is 72.2 Å². The van der Waals surface area contributed by atoms with Crippen molar-refractivity contribution in [1.29, 1.82) is 0 Å². The van der Waals surface area contributed by atoms with Gasteiger partial charge in [-0.05, 0) is 54.8 Å². The van der Waals surface area contributed by atoms with Crippen molar-refractivity contribution >= 4 is 28.8 Å². The Labute approximate surface area is 214 Å². The lowest BCUT2D eigenvalue weighted by atomic mass is 10.1. The first kappa shape index (κ1) is 24.3. The molecule has 1 aliphatic rings.